The molecule has 0 heterocycles. The van der Waals surface area contributed by atoms with Crippen molar-refractivity contribution >= 4 is 59.2 Å². The summed E-state index contributed by atoms with van der Waals surface area (Å²) in [7, 11) is -8.11. The minimum absolute atomic E-state index is 0.00235. The monoisotopic (exact) mass is 611 g/mol. The zero-order valence-corrected chi connectivity index (χ0v) is 24.8. The molecular weight excluding hydrogens is 582 g/mol. The maximum Gasteiger partial charge on any atom is 0.296 e. The zero-order valence-electron chi connectivity index (χ0n) is 23.2. The van der Waals surface area contributed by atoms with Crippen LogP contribution in [0, 0.1) is 13.8 Å². The lowest BCUT2D eigenvalue weighted by Crippen LogP contribution is -2.05. The van der Waals surface area contributed by atoms with Crippen molar-refractivity contribution < 1.29 is 31.6 Å². The van der Waals surface area contributed by atoms with Crippen molar-refractivity contribution in [3.8, 4) is 11.5 Å². The van der Waals surface area contributed by atoms with Crippen LogP contribution in [0.1, 0.15) is 25.0 Å². The van der Waals surface area contributed by atoms with E-state index in [0.717, 1.165) is 6.07 Å². The molecule has 220 valence electrons. The summed E-state index contributed by atoms with van der Waals surface area (Å²) in [6, 6.07) is 13.3. The number of nitrogens with one attached hydrogen (secondary N) is 1. The van der Waals surface area contributed by atoms with Crippen LogP contribution in [0.25, 0.3) is 10.8 Å². The van der Waals surface area contributed by atoms with E-state index < -0.39 is 20.0 Å². The molecule has 0 aliphatic heterocycles. The fourth-order valence-corrected chi connectivity index (χ4v) is 6.10. The fraction of sp³-hybridized carbons (Fsp3) is 0.214. The smallest absolute Gasteiger partial charge is 0.296 e. The SMILES string of the molecule is CCNc1ccc2c(O)c(N=Nc3cc(C)c(S(=O)(=O)CC)cc3O)ccc2c1N=Nc1ccc(C)cc1S(=O)(=O)O. The summed E-state index contributed by atoms with van der Waals surface area (Å²) in [5.41, 5.74) is 1.88. The first-order valence-electron chi connectivity index (χ1n) is 12.8. The van der Waals surface area contributed by atoms with Crippen LogP contribution in [0.4, 0.5) is 28.4 Å². The van der Waals surface area contributed by atoms with Crippen LogP contribution in [0.15, 0.2) is 84.8 Å². The Hall–Kier alpha value is -4.40. The molecule has 0 amide bonds. The van der Waals surface area contributed by atoms with E-state index in [1.54, 1.807) is 38.1 Å². The number of phenolic OH excluding ortho intramolecular Hbond substituents is 2. The van der Waals surface area contributed by atoms with Gasteiger partial charge >= 0.3 is 0 Å². The lowest BCUT2D eigenvalue weighted by molar-refractivity contribution is 0.473. The van der Waals surface area contributed by atoms with Crippen LogP contribution < -0.4 is 5.32 Å². The topological polar surface area (TPSA) is 190 Å². The van der Waals surface area contributed by atoms with Crippen LogP contribution >= 0.6 is 0 Å². The van der Waals surface area contributed by atoms with Gasteiger partial charge in [-0.2, -0.15) is 8.42 Å². The third-order valence-electron chi connectivity index (χ3n) is 6.39. The first-order valence-corrected chi connectivity index (χ1v) is 15.9. The average Bonchev–Trinajstić information content (AvgIpc) is 2.93. The number of rotatable bonds is 9. The van der Waals surface area contributed by atoms with E-state index >= 15 is 0 Å². The van der Waals surface area contributed by atoms with Gasteiger partial charge in [0.25, 0.3) is 10.1 Å². The fourth-order valence-electron chi connectivity index (χ4n) is 4.24. The summed E-state index contributed by atoms with van der Waals surface area (Å²) < 4.78 is 58.0. The van der Waals surface area contributed by atoms with Gasteiger partial charge in [0.15, 0.2) is 15.6 Å². The van der Waals surface area contributed by atoms with Gasteiger partial charge < -0.3 is 15.5 Å². The van der Waals surface area contributed by atoms with Gasteiger partial charge in [-0.05, 0) is 74.4 Å². The number of sulfone groups is 1. The van der Waals surface area contributed by atoms with E-state index in [-0.39, 0.29) is 44.1 Å². The number of phenols is 2. The molecule has 0 atom stereocenters. The van der Waals surface area contributed by atoms with Crippen molar-refractivity contribution in [2.24, 2.45) is 20.5 Å². The second-order valence-electron chi connectivity index (χ2n) is 9.38. The van der Waals surface area contributed by atoms with Gasteiger partial charge in [0.2, 0.25) is 0 Å². The number of aromatic hydroxyl groups is 2. The summed E-state index contributed by atoms with van der Waals surface area (Å²) >= 11 is 0. The number of aryl methyl sites for hydroxylation is 2. The van der Waals surface area contributed by atoms with Crippen molar-refractivity contribution in [3.63, 3.8) is 0 Å². The Morgan fingerprint density at radius 3 is 2.05 bits per heavy atom. The molecule has 0 radical (unpaired) electrons. The Morgan fingerprint density at radius 2 is 1.38 bits per heavy atom. The maximum atomic E-state index is 12.3. The maximum absolute atomic E-state index is 12.3. The summed E-state index contributed by atoms with van der Waals surface area (Å²) in [4.78, 5) is -0.386. The Morgan fingerprint density at radius 1 is 0.738 bits per heavy atom. The molecule has 0 unspecified atom stereocenters. The van der Waals surface area contributed by atoms with Crippen molar-refractivity contribution in [3.05, 3.63) is 65.7 Å². The molecule has 0 saturated carbocycles. The molecule has 12 nitrogen and oxygen atoms in total. The highest BCUT2D eigenvalue weighted by atomic mass is 32.2. The van der Waals surface area contributed by atoms with Gasteiger partial charge in [-0.1, -0.05) is 13.0 Å². The number of benzene rings is 4. The van der Waals surface area contributed by atoms with Gasteiger partial charge in [0, 0.05) is 23.4 Å². The molecule has 0 bridgehead atoms. The molecule has 0 fully saturated rings. The average molecular weight is 612 g/mol. The highest BCUT2D eigenvalue weighted by molar-refractivity contribution is 7.91. The van der Waals surface area contributed by atoms with Crippen LogP contribution in [-0.2, 0) is 20.0 Å². The van der Waals surface area contributed by atoms with E-state index in [4.69, 9.17) is 0 Å². The molecule has 0 spiro atoms. The van der Waals surface area contributed by atoms with E-state index in [9.17, 15) is 31.6 Å². The molecular formula is C28H29N5O7S2. The number of nitrogens with zero attached hydrogens (tertiary/aromatic N) is 4. The van der Waals surface area contributed by atoms with Crippen molar-refractivity contribution in [2.45, 2.75) is 37.5 Å². The quantitative estimate of drug-likeness (QED) is 0.113. The molecule has 14 heteroatoms. The third-order valence-corrected chi connectivity index (χ3v) is 9.15. The van der Waals surface area contributed by atoms with E-state index in [1.807, 2.05) is 6.92 Å². The second kappa shape index (κ2) is 11.8. The van der Waals surface area contributed by atoms with Gasteiger partial charge in [0.1, 0.15) is 33.4 Å². The molecule has 0 aliphatic rings. The molecule has 42 heavy (non-hydrogen) atoms. The number of hydrogen-bond donors (Lipinski definition) is 4. The molecule has 4 aromatic carbocycles. The van der Waals surface area contributed by atoms with Gasteiger partial charge in [0.05, 0.1) is 16.3 Å². The van der Waals surface area contributed by atoms with Crippen molar-refractivity contribution in [1.29, 1.82) is 0 Å². The molecule has 0 saturated heterocycles. The summed E-state index contributed by atoms with van der Waals surface area (Å²) in [5, 5.41) is 41.9. The normalized spacial score (nSPS) is 12.5. The van der Waals surface area contributed by atoms with Crippen LogP contribution in [0.3, 0.4) is 0 Å². The van der Waals surface area contributed by atoms with E-state index in [1.165, 1.54) is 31.2 Å². The Labute approximate surface area is 243 Å². The molecule has 4 rings (SSSR count). The third kappa shape index (κ3) is 6.25. The van der Waals surface area contributed by atoms with Crippen molar-refractivity contribution in [1.82, 2.24) is 0 Å². The highest BCUT2D eigenvalue weighted by Gasteiger charge is 2.19. The molecule has 0 aliphatic carbocycles. The molecule has 0 aromatic heterocycles. The lowest BCUT2D eigenvalue weighted by Gasteiger charge is -2.12. The van der Waals surface area contributed by atoms with Gasteiger partial charge in [-0.3, -0.25) is 4.55 Å². The first-order chi connectivity index (χ1) is 19.8. The summed E-state index contributed by atoms with van der Waals surface area (Å²) in [6.45, 7) is 7.19. The number of hydrogen-bond acceptors (Lipinski definition) is 11. The standard InChI is InChI=1S/C28H29N5O7S2/c1-5-29-21-11-9-19-18(27(21)33-30-20-10-7-16(3)13-26(20)42(38,39)40)8-12-22(28(19)35)31-32-23-14-17(4)25(15-24(23)34)41(36,37)6-2/h7-15,29,34-35H,5-6H2,1-4H3,(H,38,39,40). The summed E-state index contributed by atoms with van der Waals surface area (Å²) in [5.74, 6) is -0.746. The molecule has 4 aromatic rings. The number of anilines is 1. The lowest BCUT2D eigenvalue weighted by atomic mass is 10.1. The van der Waals surface area contributed by atoms with Crippen LogP contribution in [0.2, 0.25) is 0 Å². The predicted molar refractivity (Wildman–Crippen MR) is 160 cm³/mol. The second-order valence-corrected chi connectivity index (χ2v) is 13.0. The highest BCUT2D eigenvalue weighted by Crippen LogP contribution is 2.44. The van der Waals surface area contributed by atoms with E-state index in [2.05, 4.69) is 25.8 Å². The molecule has 4 N–H and O–H groups in total. The zero-order chi connectivity index (χ0) is 30.8. The Bertz CT molecular complexity index is 1970. The largest absolute Gasteiger partial charge is 0.506 e. The Kier molecular flexibility index (Phi) is 8.61. The summed E-state index contributed by atoms with van der Waals surface area (Å²) in [6.07, 6.45) is 0. The minimum Gasteiger partial charge on any atom is -0.506 e. The first kappa shape index (κ1) is 30.6. The van der Waals surface area contributed by atoms with E-state index in [0.29, 0.717) is 39.8 Å². The van der Waals surface area contributed by atoms with Gasteiger partial charge in [-0.15, -0.1) is 20.5 Å². The van der Waals surface area contributed by atoms with Crippen LogP contribution in [-0.4, -0.2) is 43.9 Å². The number of azo groups is 2. The van der Waals surface area contributed by atoms with Gasteiger partial charge in [-0.25, -0.2) is 8.42 Å². The Balaban J connectivity index is 1.79. The minimum atomic E-state index is -4.56. The number of fused-ring (bicyclic) bond motifs is 1. The van der Waals surface area contributed by atoms with Crippen molar-refractivity contribution in [2.75, 3.05) is 17.6 Å². The predicted octanol–water partition coefficient (Wildman–Crippen LogP) is 7.17. The van der Waals surface area contributed by atoms with Crippen LogP contribution in [0.5, 0.6) is 11.5 Å².